The van der Waals surface area contributed by atoms with Gasteiger partial charge >= 0.3 is 0 Å². The molecular formula is C12H23NO2S. The van der Waals surface area contributed by atoms with Crippen molar-refractivity contribution in [1.82, 2.24) is 5.32 Å². The summed E-state index contributed by atoms with van der Waals surface area (Å²) in [6.45, 7) is 4.06. The molecule has 0 aromatic heterocycles. The van der Waals surface area contributed by atoms with Crippen molar-refractivity contribution in [2.75, 3.05) is 37.8 Å². The Hall–Kier alpha value is 0.230. The van der Waals surface area contributed by atoms with Crippen molar-refractivity contribution in [3.05, 3.63) is 0 Å². The first kappa shape index (κ1) is 12.7. The first-order chi connectivity index (χ1) is 7.95. The summed E-state index contributed by atoms with van der Waals surface area (Å²) < 4.78 is 11.1. The summed E-state index contributed by atoms with van der Waals surface area (Å²) in [4.78, 5) is 0. The highest BCUT2D eigenvalue weighted by Crippen LogP contribution is 2.16. The molecule has 0 spiro atoms. The second kappa shape index (κ2) is 7.54. The van der Waals surface area contributed by atoms with Gasteiger partial charge in [0.15, 0.2) is 0 Å². The molecule has 0 amide bonds. The van der Waals surface area contributed by atoms with E-state index in [0.29, 0.717) is 12.2 Å². The second-order valence-electron chi connectivity index (χ2n) is 4.55. The van der Waals surface area contributed by atoms with Gasteiger partial charge in [0.05, 0.1) is 12.2 Å². The third kappa shape index (κ3) is 4.62. The van der Waals surface area contributed by atoms with Crippen LogP contribution in [-0.4, -0.2) is 50.0 Å². The number of ether oxygens (including phenoxy) is 2. The largest absolute Gasteiger partial charge is 0.377 e. The fourth-order valence-corrected chi connectivity index (χ4v) is 3.18. The van der Waals surface area contributed by atoms with E-state index in [9.17, 15) is 0 Å². The summed E-state index contributed by atoms with van der Waals surface area (Å²) in [5, 5.41) is 3.47. The minimum atomic E-state index is 0.475. The van der Waals surface area contributed by atoms with Crippen LogP contribution in [0.4, 0.5) is 0 Å². The van der Waals surface area contributed by atoms with E-state index in [-0.39, 0.29) is 0 Å². The zero-order chi connectivity index (χ0) is 11.1. The molecule has 1 N–H and O–H groups in total. The van der Waals surface area contributed by atoms with Gasteiger partial charge in [-0.3, -0.25) is 0 Å². The van der Waals surface area contributed by atoms with Gasteiger partial charge in [-0.1, -0.05) is 0 Å². The van der Waals surface area contributed by atoms with Gasteiger partial charge < -0.3 is 14.8 Å². The number of nitrogens with one attached hydrogen (secondary N) is 1. The molecule has 0 aliphatic carbocycles. The molecule has 2 fully saturated rings. The van der Waals surface area contributed by atoms with Crippen molar-refractivity contribution in [2.45, 2.75) is 37.9 Å². The predicted octanol–water partition coefficient (Wildman–Crippen LogP) is 1.67. The molecule has 94 valence electrons. The van der Waals surface area contributed by atoms with Crippen molar-refractivity contribution in [1.29, 1.82) is 0 Å². The van der Waals surface area contributed by atoms with Crippen molar-refractivity contribution in [2.24, 2.45) is 0 Å². The highest BCUT2D eigenvalue weighted by atomic mass is 32.2. The third-order valence-corrected chi connectivity index (χ3v) is 4.25. The first-order valence-corrected chi connectivity index (χ1v) is 7.62. The van der Waals surface area contributed by atoms with Crippen molar-refractivity contribution in [3.8, 4) is 0 Å². The normalized spacial score (nSPS) is 30.0. The first-order valence-electron chi connectivity index (χ1n) is 6.47. The molecule has 3 nitrogen and oxygen atoms in total. The van der Waals surface area contributed by atoms with Gasteiger partial charge in [-0.05, 0) is 25.7 Å². The predicted molar refractivity (Wildman–Crippen MR) is 68.1 cm³/mol. The maximum absolute atomic E-state index is 5.58. The maximum Gasteiger partial charge on any atom is 0.0700 e. The molecule has 0 aromatic rings. The Morgan fingerprint density at radius 1 is 1.06 bits per heavy atom. The summed E-state index contributed by atoms with van der Waals surface area (Å²) >= 11 is 2.00. The van der Waals surface area contributed by atoms with Crippen molar-refractivity contribution < 1.29 is 9.47 Å². The van der Waals surface area contributed by atoms with E-state index in [1.807, 2.05) is 11.8 Å². The summed E-state index contributed by atoms with van der Waals surface area (Å²) in [6, 6.07) is 0. The summed E-state index contributed by atoms with van der Waals surface area (Å²) in [5.74, 6) is 2.36. The molecule has 0 bridgehead atoms. The Bertz CT molecular complexity index is 160. The van der Waals surface area contributed by atoms with Gasteiger partial charge in [0.1, 0.15) is 0 Å². The zero-order valence-corrected chi connectivity index (χ0v) is 10.8. The average Bonchev–Trinajstić information content (AvgIpc) is 2.96. The molecule has 2 rings (SSSR count). The molecule has 2 unspecified atom stereocenters. The molecule has 2 heterocycles. The van der Waals surface area contributed by atoms with E-state index >= 15 is 0 Å². The van der Waals surface area contributed by atoms with Crippen molar-refractivity contribution >= 4 is 11.8 Å². The van der Waals surface area contributed by atoms with Gasteiger partial charge in [-0.15, -0.1) is 0 Å². The highest BCUT2D eigenvalue weighted by Gasteiger charge is 2.15. The molecule has 0 radical (unpaired) electrons. The van der Waals surface area contributed by atoms with Crippen LogP contribution in [0.2, 0.25) is 0 Å². The smallest absolute Gasteiger partial charge is 0.0700 e. The highest BCUT2D eigenvalue weighted by molar-refractivity contribution is 7.99. The number of rotatable bonds is 7. The molecule has 4 heteroatoms. The van der Waals surface area contributed by atoms with Gasteiger partial charge in [-0.25, -0.2) is 0 Å². The van der Waals surface area contributed by atoms with Crippen LogP contribution in [0.5, 0.6) is 0 Å². The molecule has 0 saturated carbocycles. The lowest BCUT2D eigenvalue weighted by atomic mass is 10.2. The summed E-state index contributed by atoms with van der Waals surface area (Å²) in [7, 11) is 0. The van der Waals surface area contributed by atoms with Crippen LogP contribution in [0.15, 0.2) is 0 Å². The average molecular weight is 245 g/mol. The number of hydrogen-bond donors (Lipinski definition) is 1. The van der Waals surface area contributed by atoms with Crippen LogP contribution in [0.25, 0.3) is 0 Å². The Balaban J connectivity index is 1.37. The van der Waals surface area contributed by atoms with E-state index in [1.54, 1.807) is 0 Å². The van der Waals surface area contributed by atoms with E-state index < -0.39 is 0 Å². The minimum Gasteiger partial charge on any atom is -0.377 e. The van der Waals surface area contributed by atoms with Crippen LogP contribution in [0.3, 0.4) is 0 Å². The topological polar surface area (TPSA) is 30.5 Å². The Morgan fingerprint density at radius 2 is 1.81 bits per heavy atom. The van der Waals surface area contributed by atoms with E-state index in [0.717, 1.165) is 26.3 Å². The zero-order valence-electron chi connectivity index (χ0n) is 9.95. The quantitative estimate of drug-likeness (QED) is 0.691. The molecular weight excluding hydrogens is 222 g/mol. The van der Waals surface area contributed by atoms with Gasteiger partial charge in [0.2, 0.25) is 0 Å². The Labute approximate surface area is 103 Å². The van der Waals surface area contributed by atoms with Crippen LogP contribution >= 0.6 is 11.8 Å². The lowest BCUT2D eigenvalue weighted by Crippen LogP contribution is -2.28. The van der Waals surface area contributed by atoms with Crippen LogP contribution in [0.1, 0.15) is 25.7 Å². The second-order valence-corrected chi connectivity index (χ2v) is 5.70. The molecule has 2 atom stereocenters. The summed E-state index contributed by atoms with van der Waals surface area (Å²) in [5.41, 5.74) is 0. The number of hydrogen-bond acceptors (Lipinski definition) is 4. The summed E-state index contributed by atoms with van der Waals surface area (Å²) in [6.07, 6.45) is 5.99. The van der Waals surface area contributed by atoms with E-state index in [4.69, 9.17) is 9.47 Å². The lowest BCUT2D eigenvalue weighted by Gasteiger charge is -2.11. The maximum atomic E-state index is 5.58. The minimum absolute atomic E-state index is 0.475. The third-order valence-electron chi connectivity index (χ3n) is 3.15. The van der Waals surface area contributed by atoms with Crippen LogP contribution in [0, 0.1) is 0 Å². The molecule has 16 heavy (non-hydrogen) atoms. The standard InChI is InChI=1S/C12H23NO2S/c1-3-11(14-6-1)9-13-5-8-16-10-12-4-2-7-15-12/h11-13H,1-10H2. The van der Waals surface area contributed by atoms with Gasteiger partial charge in [0.25, 0.3) is 0 Å². The van der Waals surface area contributed by atoms with Gasteiger partial charge in [0, 0.05) is 37.8 Å². The monoisotopic (exact) mass is 245 g/mol. The van der Waals surface area contributed by atoms with Crippen molar-refractivity contribution in [3.63, 3.8) is 0 Å². The van der Waals surface area contributed by atoms with Crippen LogP contribution in [-0.2, 0) is 9.47 Å². The molecule has 0 aromatic carbocycles. The Morgan fingerprint density at radius 3 is 2.50 bits per heavy atom. The fraction of sp³-hybridized carbons (Fsp3) is 1.00. The Kier molecular flexibility index (Phi) is 5.97. The SMILES string of the molecule is C1COC(CNCCSCC2CCCO2)C1. The lowest BCUT2D eigenvalue weighted by molar-refractivity contribution is 0.110. The molecule has 2 aliphatic heterocycles. The van der Waals surface area contributed by atoms with E-state index in [2.05, 4.69) is 5.32 Å². The molecule has 2 aliphatic rings. The van der Waals surface area contributed by atoms with Crippen LogP contribution < -0.4 is 5.32 Å². The van der Waals surface area contributed by atoms with Gasteiger partial charge in [-0.2, -0.15) is 11.8 Å². The fourth-order valence-electron chi connectivity index (χ4n) is 2.20. The van der Waals surface area contributed by atoms with E-state index in [1.165, 1.54) is 37.2 Å². The molecule has 2 saturated heterocycles. The number of thioether (sulfide) groups is 1.